The molecule has 2 bridgehead atoms. The SMILES string of the molecule is CN1CC[C@]23c4c5ccc(O)c4OC2C(N2C(=O)c4ccccc4C2=O)CC[C@H]3[C@H]1C5. The minimum absolute atomic E-state index is 0.166. The van der Waals surface area contributed by atoms with Gasteiger partial charge in [0.15, 0.2) is 11.5 Å². The minimum Gasteiger partial charge on any atom is -0.504 e. The number of likely N-dealkylation sites (tertiary alicyclic amines) is 1. The monoisotopic (exact) mass is 416 g/mol. The molecule has 2 unspecified atom stereocenters. The zero-order chi connectivity index (χ0) is 21.1. The molecule has 2 aromatic carbocycles. The van der Waals surface area contributed by atoms with Gasteiger partial charge in [-0.2, -0.15) is 0 Å². The fraction of sp³-hybridized carbons (Fsp3) is 0.440. The summed E-state index contributed by atoms with van der Waals surface area (Å²) < 4.78 is 6.55. The van der Waals surface area contributed by atoms with Crippen LogP contribution in [0.3, 0.4) is 0 Å². The van der Waals surface area contributed by atoms with Crippen molar-refractivity contribution in [3.8, 4) is 11.5 Å². The Morgan fingerprint density at radius 2 is 1.77 bits per heavy atom. The van der Waals surface area contributed by atoms with Crippen molar-refractivity contribution in [1.29, 1.82) is 0 Å². The number of hydrogen-bond acceptors (Lipinski definition) is 5. The van der Waals surface area contributed by atoms with E-state index in [4.69, 9.17) is 4.74 Å². The first-order valence-corrected chi connectivity index (χ1v) is 11.2. The molecule has 7 rings (SSSR count). The van der Waals surface area contributed by atoms with Gasteiger partial charge in [0.2, 0.25) is 0 Å². The third-order valence-corrected chi connectivity index (χ3v) is 8.72. The van der Waals surface area contributed by atoms with Crippen LogP contribution in [-0.2, 0) is 11.8 Å². The molecule has 1 saturated carbocycles. The molecule has 0 radical (unpaired) electrons. The Kier molecular flexibility index (Phi) is 3.26. The van der Waals surface area contributed by atoms with E-state index in [-0.39, 0.29) is 35.1 Å². The van der Waals surface area contributed by atoms with E-state index in [0.29, 0.717) is 28.8 Å². The number of benzene rings is 2. The number of carbonyl (C=O) groups excluding carboxylic acids is 2. The van der Waals surface area contributed by atoms with Crippen LogP contribution in [0.5, 0.6) is 11.5 Å². The summed E-state index contributed by atoms with van der Waals surface area (Å²) in [4.78, 5) is 30.5. The van der Waals surface area contributed by atoms with Crippen LogP contribution in [0.2, 0.25) is 0 Å². The lowest BCUT2D eigenvalue weighted by atomic mass is 9.51. The Labute approximate surface area is 180 Å². The second-order valence-corrected chi connectivity index (χ2v) is 9.81. The van der Waals surface area contributed by atoms with Gasteiger partial charge < -0.3 is 14.7 Å². The number of phenols is 1. The number of aromatic hydroxyl groups is 1. The van der Waals surface area contributed by atoms with Crippen LogP contribution in [0.4, 0.5) is 0 Å². The second-order valence-electron chi connectivity index (χ2n) is 9.81. The summed E-state index contributed by atoms with van der Waals surface area (Å²) in [5.41, 5.74) is 3.10. The fourth-order valence-corrected chi connectivity index (χ4v) is 7.48. The number of fused-ring (bicyclic) bond motifs is 1. The van der Waals surface area contributed by atoms with Crippen LogP contribution in [0.25, 0.3) is 0 Å². The molecule has 3 aliphatic heterocycles. The van der Waals surface area contributed by atoms with Crippen LogP contribution in [0.1, 0.15) is 51.1 Å². The first kappa shape index (κ1) is 17.8. The minimum atomic E-state index is -0.328. The van der Waals surface area contributed by atoms with E-state index < -0.39 is 0 Å². The van der Waals surface area contributed by atoms with Gasteiger partial charge in [-0.1, -0.05) is 18.2 Å². The van der Waals surface area contributed by atoms with Crippen molar-refractivity contribution in [2.45, 2.75) is 49.3 Å². The van der Waals surface area contributed by atoms with Crippen LogP contribution < -0.4 is 4.74 Å². The number of piperidine rings is 1. The van der Waals surface area contributed by atoms with E-state index in [1.54, 1.807) is 30.3 Å². The summed E-state index contributed by atoms with van der Waals surface area (Å²) >= 11 is 0. The predicted molar refractivity (Wildman–Crippen MR) is 112 cm³/mol. The van der Waals surface area contributed by atoms with E-state index in [2.05, 4.69) is 11.9 Å². The summed E-state index contributed by atoms with van der Waals surface area (Å²) in [6, 6.07) is 10.9. The van der Waals surface area contributed by atoms with Gasteiger partial charge in [-0.15, -0.1) is 0 Å². The lowest BCUT2D eigenvalue weighted by Crippen LogP contribution is -2.68. The predicted octanol–water partition coefficient (Wildman–Crippen LogP) is 2.73. The van der Waals surface area contributed by atoms with Gasteiger partial charge in [-0.25, -0.2) is 0 Å². The van der Waals surface area contributed by atoms with Gasteiger partial charge in [-0.05, 0) is 69.0 Å². The smallest absolute Gasteiger partial charge is 0.261 e. The molecule has 158 valence electrons. The molecule has 2 fully saturated rings. The molecule has 1 N–H and O–H groups in total. The van der Waals surface area contributed by atoms with Gasteiger partial charge in [-0.3, -0.25) is 14.5 Å². The van der Waals surface area contributed by atoms with Crippen molar-refractivity contribution in [3.63, 3.8) is 0 Å². The van der Waals surface area contributed by atoms with Crippen molar-refractivity contribution in [1.82, 2.24) is 9.80 Å². The van der Waals surface area contributed by atoms with Crippen LogP contribution in [0, 0.1) is 5.92 Å². The number of likely N-dealkylation sites (N-methyl/N-ethyl adjacent to an activating group) is 1. The molecule has 2 aliphatic carbocycles. The van der Waals surface area contributed by atoms with Crippen molar-refractivity contribution in [3.05, 3.63) is 58.7 Å². The zero-order valence-electron chi connectivity index (χ0n) is 17.4. The standard InChI is InChI=1S/C25H24N2O4/c1-26-11-10-25-16-7-8-17(27-23(29)14-4-2-3-5-15(14)24(27)30)22(25)31-21-19(28)9-6-13(20(21)25)12-18(16)26/h2-6,9,16-18,22,28H,7-8,10-12H2,1H3/t16-,17?,18+,22?,25-/m0/s1. The first-order chi connectivity index (χ1) is 15.0. The molecule has 1 spiro atoms. The number of nitrogens with zero attached hydrogens (tertiary/aromatic N) is 2. The van der Waals surface area contributed by atoms with E-state index in [1.165, 1.54) is 10.5 Å². The highest BCUT2D eigenvalue weighted by Gasteiger charge is 2.67. The Morgan fingerprint density at radius 3 is 2.52 bits per heavy atom. The molecule has 2 amide bonds. The van der Waals surface area contributed by atoms with Crippen LogP contribution in [0.15, 0.2) is 36.4 Å². The lowest BCUT2D eigenvalue weighted by Gasteiger charge is -2.59. The molecule has 31 heavy (non-hydrogen) atoms. The molecule has 5 atom stereocenters. The first-order valence-electron chi connectivity index (χ1n) is 11.2. The van der Waals surface area contributed by atoms with E-state index in [1.807, 2.05) is 6.07 Å². The summed E-state index contributed by atoms with van der Waals surface area (Å²) in [6.07, 6.45) is 3.24. The molecule has 6 nitrogen and oxygen atoms in total. The molecule has 1 saturated heterocycles. The highest BCUT2D eigenvalue weighted by atomic mass is 16.5. The number of imide groups is 1. The van der Waals surface area contributed by atoms with Gasteiger partial charge >= 0.3 is 0 Å². The molecular weight excluding hydrogens is 392 g/mol. The number of carbonyl (C=O) groups is 2. The maximum Gasteiger partial charge on any atom is 0.261 e. The van der Waals surface area contributed by atoms with E-state index >= 15 is 0 Å². The highest BCUT2D eigenvalue weighted by molar-refractivity contribution is 6.21. The molecule has 3 heterocycles. The Bertz CT molecular complexity index is 1140. The largest absolute Gasteiger partial charge is 0.504 e. The van der Waals surface area contributed by atoms with E-state index in [9.17, 15) is 14.7 Å². The fourth-order valence-electron chi connectivity index (χ4n) is 7.48. The Morgan fingerprint density at radius 1 is 1.03 bits per heavy atom. The number of phenolic OH excluding ortho intramolecular Hbond substituents is 1. The molecule has 6 heteroatoms. The topological polar surface area (TPSA) is 70.1 Å². The third kappa shape index (κ3) is 1.94. The molecule has 5 aliphatic rings. The Balaban J connectivity index is 1.39. The second kappa shape index (κ2) is 5.68. The summed E-state index contributed by atoms with van der Waals surface area (Å²) in [5, 5.41) is 10.7. The van der Waals surface area contributed by atoms with Crippen molar-refractivity contribution in [2.75, 3.05) is 13.6 Å². The van der Waals surface area contributed by atoms with Gasteiger partial charge in [0.05, 0.1) is 17.2 Å². The van der Waals surface area contributed by atoms with Crippen LogP contribution >= 0.6 is 0 Å². The Hall–Kier alpha value is -2.86. The van der Waals surface area contributed by atoms with Crippen molar-refractivity contribution >= 4 is 11.8 Å². The maximum absolute atomic E-state index is 13.3. The quantitative estimate of drug-likeness (QED) is 0.724. The van der Waals surface area contributed by atoms with Gasteiger partial charge in [0, 0.05) is 17.0 Å². The number of rotatable bonds is 1. The number of hydrogen-bond donors (Lipinski definition) is 1. The average Bonchev–Trinajstić information content (AvgIpc) is 3.25. The van der Waals surface area contributed by atoms with Gasteiger partial charge in [0.1, 0.15) is 6.10 Å². The average molecular weight is 416 g/mol. The summed E-state index contributed by atoms with van der Waals surface area (Å²) in [7, 11) is 2.20. The van der Waals surface area contributed by atoms with Crippen LogP contribution in [-0.4, -0.2) is 58.5 Å². The lowest BCUT2D eigenvalue weighted by molar-refractivity contribution is -0.0716. The normalized spacial score (nSPS) is 35.1. The molecule has 0 aromatic heterocycles. The number of ether oxygens (including phenoxy) is 1. The molecule has 2 aromatic rings. The maximum atomic E-state index is 13.3. The zero-order valence-corrected chi connectivity index (χ0v) is 17.4. The summed E-state index contributed by atoms with van der Waals surface area (Å²) in [6.45, 7) is 0.949. The molecular formula is C25H24N2O4. The van der Waals surface area contributed by atoms with Crippen molar-refractivity contribution < 1.29 is 19.4 Å². The highest BCUT2D eigenvalue weighted by Crippen LogP contribution is 2.64. The van der Waals surface area contributed by atoms with E-state index in [0.717, 1.165) is 37.8 Å². The number of amides is 2. The van der Waals surface area contributed by atoms with Crippen molar-refractivity contribution in [2.24, 2.45) is 5.92 Å². The summed E-state index contributed by atoms with van der Waals surface area (Å²) in [5.74, 6) is 0.714. The van der Waals surface area contributed by atoms with Gasteiger partial charge in [0.25, 0.3) is 11.8 Å². The third-order valence-electron chi connectivity index (χ3n) is 8.72.